The Morgan fingerprint density at radius 3 is 2.70 bits per heavy atom. The summed E-state index contributed by atoms with van der Waals surface area (Å²) in [5.41, 5.74) is 5.63. The molecule has 3 rings (SSSR count). The third-order valence-corrected chi connectivity index (χ3v) is 2.99. The third kappa shape index (κ3) is 3.05. The van der Waals surface area contributed by atoms with Gasteiger partial charge in [0.25, 0.3) is 6.43 Å². The van der Waals surface area contributed by atoms with Crippen LogP contribution in [-0.4, -0.2) is 20.9 Å². The molecule has 0 aliphatic heterocycles. The Balaban J connectivity index is 2.08. The summed E-state index contributed by atoms with van der Waals surface area (Å²) in [5.74, 6) is -1.21. The number of amides is 1. The summed E-state index contributed by atoms with van der Waals surface area (Å²) < 4.78 is 31.4. The van der Waals surface area contributed by atoms with Crippen LogP contribution in [0.25, 0.3) is 10.9 Å². The summed E-state index contributed by atoms with van der Waals surface area (Å²) >= 11 is 0. The van der Waals surface area contributed by atoms with Gasteiger partial charge in [-0.1, -0.05) is 12.1 Å². The second-order valence-electron chi connectivity index (χ2n) is 4.58. The number of para-hydroxylation sites is 1. The van der Waals surface area contributed by atoms with Crippen LogP contribution in [0.3, 0.4) is 0 Å². The van der Waals surface area contributed by atoms with E-state index in [4.69, 9.17) is 10.5 Å². The highest BCUT2D eigenvalue weighted by molar-refractivity contribution is 5.92. The fourth-order valence-corrected chi connectivity index (χ4v) is 1.96. The molecule has 2 N–H and O–H groups in total. The number of carbonyl (C=O) groups excluding carboxylic acids is 1. The van der Waals surface area contributed by atoms with Crippen molar-refractivity contribution in [2.75, 3.05) is 0 Å². The Kier molecular flexibility index (Phi) is 3.80. The van der Waals surface area contributed by atoms with Crippen molar-refractivity contribution in [1.29, 1.82) is 0 Å². The number of carbonyl (C=O) groups is 1. The molecule has 1 aromatic carbocycles. The van der Waals surface area contributed by atoms with E-state index < -0.39 is 18.2 Å². The number of rotatable bonds is 4. The molecule has 0 aliphatic rings. The largest absolute Gasteiger partial charge is 0.437 e. The van der Waals surface area contributed by atoms with E-state index in [2.05, 4.69) is 15.0 Å². The number of ether oxygens (including phenoxy) is 1. The quantitative estimate of drug-likeness (QED) is 0.799. The molecule has 0 radical (unpaired) electrons. The zero-order chi connectivity index (χ0) is 16.4. The predicted octanol–water partition coefficient (Wildman–Crippen LogP) is 2.85. The van der Waals surface area contributed by atoms with Crippen molar-refractivity contribution in [3.05, 3.63) is 54.1 Å². The number of halogens is 2. The summed E-state index contributed by atoms with van der Waals surface area (Å²) in [6.07, 6.45) is -0.236. The Labute approximate surface area is 129 Å². The molecular formula is C15H10F2N4O2. The molecule has 3 aromatic rings. The van der Waals surface area contributed by atoms with Gasteiger partial charge in [0.2, 0.25) is 11.8 Å². The summed E-state index contributed by atoms with van der Waals surface area (Å²) in [4.78, 5) is 22.5. The van der Waals surface area contributed by atoms with Crippen LogP contribution in [0, 0.1) is 0 Å². The third-order valence-electron chi connectivity index (χ3n) is 2.99. The standard InChI is InChI=1S/C15H10F2N4O2/c16-12(17)14-20-11-4-2-1-3-10(11)15(21-14)23-9-5-8(13(18)22)6-19-7-9/h1-7,12H,(H2,18,22). The monoisotopic (exact) mass is 316 g/mol. The van der Waals surface area contributed by atoms with Crippen molar-refractivity contribution >= 4 is 16.8 Å². The molecule has 0 saturated carbocycles. The minimum absolute atomic E-state index is 0.0469. The first-order valence-corrected chi connectivity index (χ1v) is 6.52. The lowest BCUT2D eigenvalue weighted by molar-refractivity contribution is 0.0999. The highest BCUT2D eigenvalue weighted by Crippen LogP contribution is 2.29. The van der Waals surface area contributed by atoms with Gasteiger partial charge in [0.05, 0.1) is 22.7 Å². The van der Waals surface area contributed by atoms with Crippen LogP contribution in [0.1, 0.15) is 22.6 Å². The first-order valence-electron chi connectivity index (χ1n) is 6.52. The van der Waals surface area contributed by atoms with E-state index in [1.807, 2.05) is 0 Å². The maximum absolute atomic E-state index is 12.9. The average Bonchev–Trinajstić information content (AvgIpc) is 2.55. The molecule has 8 heteroatoms. The number of alkyl halides is 2. The molecule has 0 spiro atoms. The van der Waals surface area contributed by atoms with E-state index >= 15 is 0 Å². The molecule has 1 amide bonds. The van der Waals surface area contributed by atoms with Gasteiger partial charge >= 0.3 is 0 Å². The van der Waals surface area contributed by atoms with Gasteiger partial charge < -0.3 is 10.5 Å². The fraction of sp³-hybridized carbons (Fsp3) is 0.0667. The smallest absolute Gasteiger partial charge is 0.297 e. The van der Waals surface area contributed by atoms with E-state index in [1.54, 1.807) is 24.3 Å². The van der Waals surface area contributed by atoms with Gasteiger partial charge in [-0.05, 0) is 18.2 Å². The van der Waals surface area contributed by atoms with Crippen molar-refractivity contribution in [2.45, 2.75) is 6.43 Å². The molecule has 6 nitrogen and oxygen atoms in total. The molecule has 0 atom stereocenters. The van der Waals surface area contributed by atoms with Crippen LogP contribution in [0.4, 0.5) is 8.78 Å². The van der Waals surface area contributed by atoms with Crippen molar-refractivity contribution in [1.82, 2.24) is 15.0 Å². The molecule has 23 heavy (non-hydrogen) atoms. The fourth-order valence-electron chi connectivity index (χ4n) is 1.96. The average molecular weight is 316 g/mol. The Hall–Kier alpha value is -3.16. The van der Waals surface area contributed by atoms with E-state index in [1.165, 1.54) is 18.5 Å². The van der Waals surface area contributed by atoms with Crippen LogP contribution in [-0.2, 0) is 0 Å². The molecule has 0 fully saturated rings. The number of fused-ring (bicyclic) bond motifs is 1. The van der Waals surface area contributed by atoms with Crippen molar-refractivity contribution in [3.8, 4) is 11.6 Å². The zero-order valence-electron chi connectivity index (χ0n) is 11.6. The summed E-state index contributed by atoms with van der Waals surface area (Å²) in [5, 5.41) is 0.460. The van der Waals surface area contributed by atoms with Crippen molar-refractivity contribution in [3.63, 3.8) is 0 Å². The second-order valence-corrected chi connectivity index (χ2v) is 4.58. The number of nitrogens with two attached hydrogens (primary N) is 1. The van der Waals surface area contributed by atoms with E-state index in [0.717, 1.165) is 0 Å². The van der Waals surface area contributed by atoms with Gasteiger partial charge in [-0.3, -0.25) is 9.78 Å². The topological polar surface area (TPSA) is 91.0 Å². The van der Waals surface area contributed by atoms with Crippen molar-refractivity contribution in [2.24, 2.45) is 5.73 Å². The number of hydrogen-bond acceptors (Lipinski definition) is 5. The SMILES string of the molecule is NC(=O)c1cncc(Oc2nc(C(F)F)nc3ccccc23)c1. The number of nitrogens with zero attached hydrogens (tertiary/aromatic N) is 3. The number of benzene rings is 1. The molecule has 0 bridgehead atoms. The van der Waals surface area contributed by atoms with E-state index in [-0.39, 0.29) is 17.2 Å². The van der Waals surface area contributed by atoms with Gasteiger partial charge in [0, 0.05) is 6.20 Å². The summed E-state index contributed by atoms with van der Waals surface area (Å²) in [7, 11) is 0. The molecule has 0 saturated heterocycles. The minimum atomic E-state index is -2.84. The van der Waals surface area contributed by atoms with Gasteiger partial charge in [0.1, 0.15) is 5.75 Å². The lowest BCUT2D eigenvalue weighted by atomic mass is 10.2. The maximum atomic E-state index is 12.9. The molecule has 0 aliphatic carbocycles. The Morgan fingerprint density at radius 2 is 1.96 bits per heavy atom. The zero-order valence-corrected chi connectivity index (χ0v) is 11.6. The highest BCUT2D eigenvalue weighted by Gasteiger charge is 2.16. The molecule has 116 valence electrons. The lowest BCUT2D eigenvalue weighted by Gasteiger charge is -2.09. The van der Waals surface area contributed by atoms with Crippen LogP contribution in [0.15, 0.2) is 42.7 Å². The Morgan fingerprint density at radius 1 is 1.17 bits per heavy atom. The number of hydrogen-bond donors (Lipinski definition) is 1. The van der Waals surface area contributed by atoms with Gasteiger partial charge in [-0.25, -0.2) is 13.8 Å². The summed E-state index contributed by atoms with van der Waals surface area (Å²) in [6.45, 7) is 0. The van der Waals surface area contributed by atoms with Gasteiger partial charge in [0.15, 0.2) is 5.82 Å². The van der Waals surface area contributed by atoms with Crippen molar-refractivity contribution < 1.29 is 18.3 Å². The van der Waals surface area contributed by atoms with Gasteiger partial charge in [-0.2, -0.15) is 4.98 Å². The predicted molar refractivity (Wildman–Crippen MR) is 77.3 cm³/mol. The van der Waals surface area contributed by atoms with Crippen LogP contribution < -0.4 is 10.5 Å². The minimum Gasteiger partial charge on any atom is -0.437 e. The van der Waals surface area contributed by atoms with Gasteiger partial charge in [-0.15, -0.1) is 0 Å². The van der Waals surface area contributed by atoms with Crippen LogP contribution >= 0.6 is 0 Å². The van der Waals surface area contributed by atoms with E-state index in [0.29, 0.717) is 10.9 Å². The van der Waals surface area contributed by atoms with Crippen LogP contribution in [0.2, 0.25) is 0 Å². The molecule has 0 unspecified atom stereocenters. The molecule has 2 heterocycles. The highest BCUT2D eigenvalue weighted by atomic mass is 19.3. The number of primary amides is 1. The number of pyridine rings is 1. The second kappa shape index (κ2) is 5.91. The molecular weight excluding hydrogens is 306 g/mol. The van der Waals surface area contributed by atoms with Crippen LogP contribution in [0.5, 0.6) is 11.6 Å². The first-order chi connectivity index (χ1) is 11.0. The normalized spacial score (nSPS) is 10.9. The Bertz CT molecular complexity index is 886. The van der Waals surface area contributed by atoms with E-state index in [9.17, 15) is 13.6 Å². The first kappa shape index (κ1) is 14.8. The molecule has 2 aromatic heterocycles. The lowest BCUT2D eigenvalue weighted by Crippen LogP contribution is -2.11. The maximum Gasteiger partial charge on any atom is 0.297 e. The summed E-state index contributed by atoms with van der Waals surface area (Å²) in [6, 6.07) is 7.95. The number of aromatic nitrogens is 3.